The van der Waals surface area contributed by atoms with Crippen molar-refractivity contribution in [2.45, 2.75) is 19.6 Å². The van der Waals surface area contributed by atoms with E-state index in [0.717, 1.165) is 40.8 Å². The summed E-state index contributed by atoms with van der Waals surface area (Å²) in [5.74, 6) is 0.272. The number of para-hydroxylation sites is 12. The Kier molecular flexibility index (Phi) is 26.8. The van der Waals surface area contributed by atoms with Crippen LogP contribution in [0.1, 0.15) is 121 Å². The molecule has 0 spiro atoms. The standard InChI is InChI=1S/C24H13NO3STe.2C24H13NO2S2Te.2C24H13NO2SSeTe/c26-23-15(24(27)17-13-29-12-16(17)23)11-14-9-10-22(30-14)25-18-5-1-3-7-20(18)28-21-8-4-2-6-19(21)25;4*26-23-15(24(27)17-13-28-12-16(17)23)11-14-9-10-22(30-14)25-18-5-1-3-7-20(18)29-21-8-4-2-6-19(21)25/h5*1-13H. The molecule has 0 saturated heterocycles. The number of ether oxygens (including phenoxy) is 1. The Labute approximate surface area is 948 Å². The Hall–Kier alpha value is -12.0. The van der Waals surface area contributed by atoms with Crippen molar-refractivity contribution in [1.82, 2.24) is 0 Å². The second kappa shape index (κ2) is 41.2. The molecule has 0 unspecified atom stereocenters. The van der Waals surface area contributed by atoms with E-state index in [9.17, 15) is 47.9 Å². The van der Waals surface area contributed by atoms with Crippen LogP contribution in [0.2, 0.25) is 0 Å². The van der Waals surface area contributed by atoms with E-state index in [1.165, 1.54) is 158 Å². The summed E-state index contributed by atoms with van der Waals surface area (Å²) in [5.41, 5.74) is 18.9. The molecule has 0 fully saturated rings. The van der Waals surface area contributed by atoms with E-state index in [4.69, 9.17) is 4.74 Å². The van der Waals surface area contributed by atoms with Gasteiger partial charge in [0.15, 0.2) is 0 Å². The quantitative estimate of drug-likeness (QED) is 0.0711. The molecule has 10 aliphatic rings. The average Bonchev–Trinajstić information content (AvgIpc) is 1.71. The number of ketones is 10. The molecule has 10 aromatic carbocycles. The van der Waals surface area contributed by atoms with Gasteiger partial charge in [0.25, 0.3) is 0 Å². The van der Waals surface area contributed by atoms with Gasteiger partial charge in [0.2, 0.25) is 0 Å². The predicted octanol–water partition coefficient (Wildman–Crippen LogP) is 25.7. The Morgan fingerprint density at radius 1 is 0.193 bits per heavy atom. The summed E-state index contributed by atoms with van der Waals surface area (Å²) in [4.78, 5) is 143. The zero-order valence-corrected chi connectivity index (χ0v) is 98.3. The monoisotopic (exact) mass is 2780 g/mol. The fraction of sp³-hybridized carbons (Fsp3) is 0. The van der Waals surface area contributed by atoms with E-state index in [0.29, 0.717) is 113 Å². The fourth-order valence-electron chi connectivity index (χ4n) is 19.0. The first-order valence-electron chi connectivity index (χ1n) is 46.7. The number of fused-ring (bicyclic) bond motifs is 15. The van der Waals surface area contributed by atoms with Crippen molar-refractivity contribution in [3.8, 4) is 11.5 Å². The van der Waals surface area contributed by atoms with Gasteiger partial charge in [-0.3, -0.25) is 0 Å². The summed E-state index contributed by atoms with van der Waals surface area (Å²) in [7, 11) is 0. The second-order valence-corrected chi connectivity index (χ2v) is 60.9. The van der Waals surface area contributed by atoms with E-state index in [1.807, 2.05) is 66.8 Å². The van der Waals surface area contributed by atoms with Gasteiger partial charge in [-0.1, -0.05) is 0 Å². The van der Waals surface area contributed by atoms with Crippen molar-refractivity contribution >= 4 is 394 Å². The summed E-state index contributed by atoms with van der Waals surface area (Å²) < 4.78 is 23.4. The Morgan fingerprint density at radius 3 is 0.587 bits per heavy atom. The van der Waals surface area contributed by atoms with Crippen molar-refractivity contribution in [2.75, 3.05) is 24.5 Å². The first-order chi connectivity index (χ1) is 73.5. The SMILES string of the molecule is O=C1C(=Cc2ccc(N3c4ccccc4Oc4ccccc43)[te]2)C(=O)c2cscc21.O=C1C(=Cc2ccc(N3c4ccccc4Sc4ccccc43)[te]2)C(=O)c2cscc21.O=C1C(=Cc2ccc(N3c4ccccc4Sc4ccccc43)[te]2)C(=O)c2cscc21.O=C1C(=Cc2ccc(N3c4ccccc4[Se]c4ccccc43)[te]2)C(=O)c2cscc21.O=C1C(=Cc2ccc(N3c4ccccc4[Se]c4ccccc43)[te]2)C(=O)c2cscc21. The van der Waals surface area contributed by atoms with Crippen LogP contribution < -0.4 is 47.1 Å². The number of benzene rings is 10. The van der Waals surface area contributed by atoms with Gasteiger partial charge in [0.1, 0.15) is 0 Å². The second-order valence-electron chi connectivity index (χ2n) is 34.8. The van der Waals surface area contributed by atoms with Crippen LogP contribution in [0.4, 0.5) is 75.4 Å². The number of hydrogen-bond acceptors (Lipinski definition) is 23. The van der Waals surface area contributed by atoms with Crippen molar-refractivity contribution in [2.24, 2.45) is 0 Å². The molecule has 5 aliphatic heterocycles. The van der Waals surface area contributed by atoms with Crippen molar-refractivity contribution in [3.05, 3.63) is 459 Å². The molecule has 150 heavy (non-hydrogen) atoms. The van der Waals surface area contributed by atoms with Crippen LogP contribution in [0.25, 0.3) is 30.4 Å². The predicted molar refractivity (Wildman–Crippen MR) is 613 cm³/mol. The number of allylic oxidation sites excluding steroid dienone is 5. The van der Waals surface area contributed by atoms with Gasteiger partial charge in [-0.15, -0.1) is 0 Å². The third-order valence-electron chi connectivity index (χ3n) is 26.0. The van der Waals surface area contributed by atoms with Gasteiger partial charge < -0.3 is 0 Å². The number of anilines is 15. The van der Waals surface area contributed by atoms with Gasteiger partial charge in [0.05, 0.1) is 0 Å². The number of carbonyl (C=O) groups is 10. The summed E-state index contributed by atoms with van der Waals surface area (Å²) in [5, 5.41) is 17.8. The minimum atomic E-state index is -0.789. The molecule has 0 radical (unpaired) electrons. The molecule has 0 amide bonds. The summed E-state index contributed by atoms with van der Waals surface area (Å²) >= 11 is 7.47. The average molecular weight is 2770 g/mol. The molecule has 720 valence electrons. The third kappa shape index (κ3) is 17.8. The summed E-state index contributed by atoms with van der Waals surface area (Å²) in [6, 6.07) is 105. The van der Waals surface area contributed by atoms with Gasteiger partial charge in [-0.05, 0) is 0 Å². The Bertz CT molecular complexity index is 7750. The Morgan fingerprint density at radius 2 is 0.367 bits per heavy atom. The molecule has 16 nitrogen and oxygen atoms in total. The number of hydrogen-bond donors (Lipinski definition) is 0. The topological polar surface area (TPSA) is 196 Å². The maximum absolute atomic E-state index is 12.6. The van der Waals surface area contributed by atoms with Crippen molar-refractivity contribution in [1.29, 1.82) is 0 Å². The molecule has 30 rings (SSSR count). The molecule has 5 aliphatic carbocycles. The summed E-state index contributed by atoms with van der Waals surface area (Å²) in [6.07, 6.45) is 9.15. The molecule has 15 heterocycles. The van der Waals surface area contributed by atoms with Crippen LogP contribution in [-0.2, 0) is 0 Å². The molecule has 0 bridgehead atoms. The number of nitrogens with zero attached hydrogens (tertiary/aromatic N) is 5. The third-order valence-corrected chi connectivity index (χ3v) is 51.2. The van der Waals surface area contributed by atoms with E-state index in [1.54, 1.807) is 83.4 Å². The molecule has 0 atom stereocenters. The molecule has 30 heteroatoms. The first-order valence-corrected chi connectivity index (χ1v) is 68.1. The van der Waals surface area contributed by atoms with Crippen LogP contribution in [0, 0.1) is 0 Å². The zero-order valence-electron chi connectivity index (χ0n) is 77.5. The molecular weight excluding hydrogens is 2710 g/mol. The van der Waals surface area contributed by atoms with Gasteiger partial charge >= 0.3 is 961 Å². The minimum absolute atomic E-state index is 0.130. The van der Waals surface area contributed by atoms with E-state index >= 15 is 0 Å². The number of rotatable bonds is 10. The van der Waals surface area contributed by atoms with Crippen LogP contribution in [0.5, 0.6) is 11.5 Å². The molecule has 0 saturated carbocycles. The molecule has 0 N–H and O–H groups in total. The normalized spacial score (nSPS) is 14.5. The summed E-state index contributed by atoms with van der Waals surface area (Å²) in [6.45, 7) is 0. The zero-order chi connectivity index (χ0) is 101. The number of Topliss-reactive ketones (excluding diaryl/α,β-unsaturated/α-hetero) is 10. The van der Waals surface area contributed by atoms with Crippen LogP contribution in [0.15, 0.2) is 405 Å². The van der Waals surface area contributed by atoms with Gasteiger partial charge in [-0.2, -0.15) is 0 Å². The van der Waals surface area contributed by atoms with Crippen LogP contribution in [0.3, 0.4) is 0 Å². The first kappa shape index (κ1) is 97.5. The number of thiophene rings is 5. The van der Waals surface area contributed by atoms with E-state index in [2.05, 4.69) is 285 Å². The van der Waals surface area contributed by atoms with E-state index in [-0.39, 0.29) is 57.8 Å². The molecule has 10 aromatic heterocycles. The van der Waals surface area contributed by atoms with Crippen LogP contribution in [-0.4, -0.2) is 190 Å². The molecule has 20 aromatic rings. The van der Waals surface area contributed by atoms with Crippen molar-refractivity contribution < 1.29 is 52.7 Å². The molecular formula is C120H65N5O11S7Se2Te5. The van der Waals surface area contributed by atoms with Crippen molar-refractivity contribution in [3.63, 3.8) is 0 Å². The fourth-order valence-corrected chi connectivity index (χ4v) is 43.5. The van der Waals surface area contributed by atoms with E-state index < -0.39 is 102 Å². The van der Waals surface area contributed by atoms with Gasteiger partial charge in [0, 0.05) is 0 Å². The van der Waals surface area contributed by atoms with Crippen LogP contribution >= 0.6 is 80.2 Å². The van der Waals surface area contributed by atoms with Gasteiger partial charge in [-0.25, -0.2) is 0 Å². The Balaban J connectivity index is 0.0000000945. The number of carbonyl (C=O) groups excluding carboxylic acids is 10. The maximum atomic E-state index is 12.6.